The van der Waals surface area contributed by atoms with Crippen LogP contribution in [0.25, 0.3) is 0 Å². The summed E-state index contributed by atoms with van der Waals surface area (Å²) in [6, 6.07) is 2.74. The number of hydrogen-bond acceptors (Lipinski definition) is 2. The molecule has 0 heterocycles. The molecule has 0 fully saturated rings. The first-order valence-electron chi connectivity index (χ1n) is 4.79. The van der Waals surface area contributed by atoms with Crippen molar-refractivity contribution in [1.82, 2.24) is 0 Å². The van der Waals surface area contributed by atoms with E-state index in [1.807, 2.05) is 0 Å². The maximum atomic E-state index is 12.4. The second-order valence-electron chi connectivity index (χ2n) is 3.28. The van der Waals surface area contributed by atoms with Gasteiger partial charge in [0.2, 0.25) is 0 Å². The molecule has 1 aromatic carbocycles. The number of halogens is 5. The zero-order valence-electron chi connectivity index (χ0n) is 8.93. The Morgan fingerprint density at radius 2 is 1.94 bits per heavy atom. The van der Waals surface area contributed by atoms with E-state index in [0.29, 0.717) is 5.02 Å². The van der Waals surface area contributed by atoms with Gasteiger partial charge < -0.3 is 5.11 Å². The van der Waals surface area contributed by atoms with Crippen molar-refractivity contribution in [2.45, 2.75) is 6.42 Å². The minimum atomic E-state index is -2.35. The number of nitrogens with zero attached hydrogens (tertiary/aromatic N) is 1. The first-order chi connectivity index (χ1) is 8.41. The zero-order valence-corrected chi connectivity index (χ0v) is 10.4. The van der Waals surface area contributed by atoms with Gasteiger partial charge in [0, 0.05) is 29.8 Å². The van der Waals surface area contributed by atoms with Crippen LogP contribution in [-0.4, -0.2) is 17.9 Å². The molecule has 0 atom stereocenters. The van der Waals surface area contributed by atoms with Gasteiger partial charge >= 0.3 is 6.08 Å². The van der Waals surface area contributed by atoms with Crippen molar-refractivity contribution in [3.05, 3.63) is 39.6 Å². The van der Waals surface area contributed by atoms with Crippen LogP contribution in [0, 0.1) is 0 Å². The number of aromatic hydroxyl groups is 1. The molecule has 0 aromatic heterocycles. The standard InChI is InChI=1S/C11H8Cl2F3NO/c12-7-3-6(10(18)8(13)4-7)5-17-2-1-9(14)11(15)16/h3-5,18H,1-2H2. The molecular weight excluding hydrogens is 290 g/mol. The van der Waals surface area contributed by atoms with Gasteiger partial charge in [0.1, 0.15) is 5.75 Å². The van der Waals surface area contributed by atoms with Crippen LogP contribution in [0.1, 0.15) is 12.0 Å². The van der Waals surface area contributed by atoms with Gasteiger partial charge in [-0.1, -0.05) is 23.2 Å². The highest BCUT2D eigenvalue weighted by atomic mass is 35.5. The lowest BCUT2D eigenvalue weighted by Gasteiger charge is -2.02. The van der Waals surface area contributed by atoms with E-state index in [-0.39, 0.29) is 22.9 Å². The Morgan fingerprint density at radius 1 is 1.28 bits per heavy atom. The van der Waals surface area contributed by atoms with E-state index in [0.717, 1.165) is 0 Å². The number of aliphatic imine (C=N–C) groups is 1. The molecule has 0 spiro atoms. The molecule has 18 heavy (non-hydrogen) atoms. The maximum absolute atomic E-state index is 12.4. The Kier molecular flexibility index (Phi) is 5.50. The molecule has 2 nitrogen and oxygen atoms in total. The van der Waals surface area contributed by atoms with Gasteiger partial charge in [0.25, 0.3) is 0 Å². The van der Waals surface area contributed by atoms with Crippen molar-refractivity contribution in [1.29, 1.82) is 0 Å². The van der Waals surface area contributed by atoms with E-state index in [9.17, 15) is 18.3 Å². The van der Waals surface area contributed by atoms with Gasteiger partial charge in [-0.3, -0.25) is 4.99 Å². The van der Waals surface area contributed by atoms with Crippen molar-refractivity contribution in [3.63, 3.8) is 0 Å². The molecule has 7 heteroatoms. The summed E-state index contributed by atoms with van der Waals surface area (Å²) >= 11 is 11.4. The fraction of sp³-hybridized carbons (Fsp3) is 0.182. The van der Waals surface area contributed by atoms with Gasteiger partial charge in [-0.25, -0.2) is 4.39 Å². The molecule has 1 N–H and O–H groups in total. The van der Waals surface area contributed by atoms with Crippen LogP contribution in [0.5, 0.6) is 5.75 Å². The number of phenols is 1. The summed E-state index contributed by atoms with van der Waals surface area (Å²) < 4.78 is 35.9. The number of benzene rings is 1. The van der Waals surface area contributed by atoms with Crippen LogP contribution in [0.3, 0.4) is 0 Å². The van der Waals surface area contributed by atoms with Crippen LogP contribution < -0.4 is 0 Å². The Balaban J connectivity index is 2.71. The Labute approximate surface area is 111 Å². The zero-order chi connectivity index (χ0) is 13.7. The van der Waals surface area contributed by atoms with Crippen LogP contribution in [-0.2, 0) is 0 Å². The van der Waals surface area contributed by atoms with Gasteiger partial charge in [-0.15, -0.1) is 0 Å². The first-order valence-corrected chi connectivity index (χ1v) is 5.55. The third kappa shape index (κ3) is 4.23. The minimum absolute atomic E-state index is 0.0461. The second kappa shape index (κ2) is 6.66. The highest BCUT2D eigenvalue weighted by Crippen LogP contribution is 2.30. The van der Waals surface area contributed by atoms with E-state index >= 15 is 0 Å². The van der Waals surface area contributed by atoms with Crippen molar-refractivity contribution < 1.29 is 18.3 Å². The minimum Gasteiger partial charge on any atom is -0.506 e. The lowest BCUT2D eigenvalue weighted by molar-refractivity contribution is 0.371. The normalized spacial score (nSPS) is 10.9. The fourth-order valence-electron chi connectivity index (χ4n) is 1.10. The maximum Gasteiger partial charge on any atom is 0.301 e. The SMILES string of the molecule is Oc1c(Cl)cc(Cl)cc1C=NCCC(F)=C(F)F. The summed E-state index contributed by atoms with van der Waals surface area (Å²) in [6.45, 7) is -0.174. The third-order valence-corrected chi connectivity index (χ3v) is 2.46. The van der Waals surface area contributed by atoms with Gasteiger partial charge in [-0.05, 0) is 12.1 Å². The van der Waals surface area contributed by atoms with Crippen molar-refractivity contribution >= 4 is 29.4 Å². The summed E-state index contributed by atoms with van der Waals surface area (Å²) in [5.74, 6) is -1.72. The van der Waals surface area contributed by atoms with Gasteiger partial charge in [0.15, 0.2) is 5.83 Å². The van der Waals surface area contributed by atoms with Gasteiger partial charge in [-0.2, -0.15) is 8.78 Å². The summed E-state index contributed by atoms with van der Waals surface area (Å²) in [4.78, 5) is 3.70. The molecule has 0 radical (unpaired) electrons. The average Bonchev–Trinajstić information content (AvgIpc) is 2.29. The first kappa shape index (κ1) is 14.9. The quantitative estimate of drug-likeness (QED) is 0.810. The molecule has 0 bridgehead atoms. The molecule has 0 aliphatic carbocycles. The lowest BCUT2D eigenvalue weighted by Crippen LogP contribution is -1.88. The molecule has 1 rings (SSSR count). The van der Waals surface area contributed by atoms with E-state index in [2.05, 4.69) is 4.99 Å². The summed E-state index contributed by atoms with van der Waals surface area (Å²) in [6.07, 6.45) is -1.66. The van der Waals surface area contributed by atoms with Gasteiger partial charge in [0.05, 0.1) is 5.02 Å². The topological polar surface area (TPSA) is 32.6 Å². The second-order valence-corrected chi connectivity index (χ2v) is 4.12. The van der Waals surface area contributed by atoms with Crippen molar-refractivity contribution in [2.75, 3.05) is 6.54 Å². The molecule has 1 aromatic rings. The summed E-state index contributed by atoms with van der Waals surface area (Å²) in [5, 5.41) is 9.87. The molecular formula is C11H8Cl2F3NO. The molecule has 0 saturated heterocycles. The predicted octanol–water partition coefficient (Wildman–Crippen LogP) is 4.59. The largest absolute Gasteiger partial charge is 0.506 e. The number of phenolic OH excluding ortho intramolecular Hbond substituents is 1. The highest BCUT2D eigenvalue weighted by molar-refractivity contribution is 6.36. The van der Waals surface area contributed by atoms with Crippen LogP contribution in [0.2, 0.25) is 10.0 Å². The molecule has 0 aliphatic heterocycles. The smallest absolute Gasteiger partial charge is 0.301 e. The fourth-order valence-corrected chi connectivity index (χ4v) is 1.61. The van der Waals surface area contributed by atoms with Crippen LogP contribution in [0.4, 0.5) is 13.2 Å². The van der Waals surface area contributed by atoms with Crippen molar-refractivity contribution in [3.8, 4) is 5.75 Å². The summed E-state index contributed by atoms with van der Waals surface area (Å²) in [7, 11) is 0. The van der Waals surface area contributed by atoms with Crippen LogP contribution in [0.15, 0.2) is 29.0 Å². The predicted molar refractivity (Wildman–Crippen MR) is 65.6 cm³/mol. The number of rotatable bonds is 4. The third-order valence-electron chi connectivity index (χ3n) is 1.95. The van der Waals surface area contributed by atoms with Crippen molar-refractivity contribution in [2.24, 2.45) is 4.99 Å². The Hall–Kier alpha value is -1.20. The molecule has 0 saturated carbocycles. The van der Waals surface area contributed by atoms with E-state index in [1.54, 1.807) is 0 Å². The lowest BCUT2D eigenvalue weighted by atomic mass is 10.2. The monoisotopic (exact) mass is 297 g/mol. The Morgan fingerprint density at radius 3 is 2.56 bits per heavy atom. The van der Waals surface area contributed by atoms with Crippen LogP contribution >= 0.6 is 23.2 Å². The highest BCUT2D eigenvalue weighted by Gasteiger charge is 2.06. The van der Waals surface area contributed by atoms with E-state index < -0.39 is 18.3 Å². The molecule has 98 valence electrons. The molecule has 0 amide bonds. The number of hydrogen-bond donors (Lipinski definition) is 1. The molecule has 0 aliphatic rings. The molecule has 0 unspecified atom stereocenters. The van der Waals surface area contributed by atoms with E-state index in [1.165, 1.54) is 18.3 Å². The summed E-state index contributed by atoms with van der Waals surface area (Å²) in [5.41, 5.74) is 0.234. The Bertz CT molecular complexity index is 499. The average molecular weight is 298 g/mol. The van der Waals surface area contributed by atoms with E-state index in [4.69, 9.17) is 23.2 Å².